The summed E-state index contributed by atoms with van der Waals surface area (Å²) < 4.78 is 6.05. The summed E-state index contributed by atoms with van der Waals surface area (Å²) in [6.07, 6.45) is 6.08. The molecule has 3 aromatic carbocycles. The first-order valence-electron chi connectivity index (χ1n) is 7.63. The fourth-order valence-corrected chi connectivity index (χ4v) is 2.22. The highest BCUT2D eigenvalue weighted by Crippen LogP contribution is 2.21. The van der Waals surface area contributed by atoms with Gasteiger partial charge in [0.05, 0.1) is 0 Å². The topological polar surface area (TPSA) is 9.23 Å². The van der Waals surface area contributed by atoms with E-state index in [1.807, 2.05) is 91.0 Å². The Kier molecular flexibility index (Phi) is 5.04. The molecule has 0 saturated heterocycles. The standard InChI is InChI=1S/C22H18O/c1-4-11-19(12-5-1)13-10-18-22(20-14-6-2-7-15-20)23-21-16-8-3-9-17-21/h1-18H/b13-10+,22-18+. The van der Waals surface area contributed by atoms with Gasteiger partial charge in [0.25, 0.3) is 0 Å². The van der Waals surface area contributed by atoms with Crippen LogP contribution in [-0.2, 0) is 0 Å². The smallest absolute Gasteiger partial charge is 0.134 e. The predicted molar refractivity (Wildman–Crippen MR) is 97.0 cm³/mol. The van der Waals surface area contributed by atoms with Gasteiger partial charge in [-0.2, -0.15) is 0 Å². The second-order valence-electron chi connectivity index (χ2n) is 5.08. The molecule has 1 heteroatoms. The van der Waals surface area contributed by atoms with Crippen molar-refractivity contribution in [3.05, 3.63) is 114 Å². The molecule has 0 aliphatic rings. The van der Waals surface area contributed by atoms with E-state index in [-0.39, 0.29) is 0 Å². The van der Waals surface area contributed by atoms with Gasteiger partial charge >= 0.3 is 0 Å². The van der Waals surface area contributed by atoms with E-state index in [2.05, 4.69) is 18.2 Å². The number of rotatable bonds is 5. The molecule has 0 heterocycles. The maximum atomic E-state index is 6.05. The lowest BCUT2D eigenvalue weighted by molar-refractivity contribution is 0.515. The molecular formula is C22H18O. The molecule has 0 fully saturated rings. The highest BCUT2D eigenvalue weighted by molar-refractivity contribution is 5.65. The zero-order valence-electron chi connectivity index (χ0n) is 12.8. The van der Waals surface area contributed by atoms with Crippen LogP contribution in [-0.4, -0.2) is 0 Å². The van der Waals surface area contributed by atoms with Crippen LogP contribution < -0.4 is 4.74 Å². The number of ether oxygens (including phenoxy) is 1. The summed E-state index contributed by atoms with van der Waals surface area (Å²) in [6, 6.07) is 30.2. The molecule has 0 aliphatic carbocycles. The van der Waals surface area contributed by atoms with Crippen LogP contribution in [0.25, 0.3) is 11.8 Å². The summed E-state index contributed by atoms with van der Waals surface area (Å²) in [5, 5.41) is 0. The Morgan fingerprint density at radius 2 is 1.22 bits per heavy atom. The van der Waals surface area contributed by atoms with E-state index in [9.17, 15) is 0 Å². The van der Waals surface area contributed by atoms with Crippen molar-refractivity contribution in [1.82, 2.24) is 0 Å². The maximum absolute atomic E-state index is 6.05. The number of para-hydroxylation sites is 1. The minimum Gasteiger partial charge on any atom is -0.457 e. The lowest BCUT2D eigenvalue weighted by atomic mass is 10.1. The van der Waals surface area contributed by atoms with Gasteiger partial charge in [0, 0.05) is 5.56 Å². The normalized spacial score (nSPS) is 11.6. The van der Waals surface area contributed by atoms with Gasteiger partial charge in [0.1, 0.15) is 11.5 Å². The van der Waals surface area contributed by atoms with Gasteiger partial charge in [0.2, 0.25) is 0 Å². The molecule has 0 aliphatic heterocycles. The number of hydrogen-bond acceptors (Lipinski definition) is 1. The highest BCUT2D eigenvalue weighted by Gasteiger charge is 2.02. The Labute approximate surface area is 137 Å². The number of benzene rings is 3. The first kappa shape index (κ1) is 14.9. The van der Waals surface area contributed by atoms with Crippen LogP contribution in [0.4, 0.5) is 0 Å². The minimum atomic E-state index is 0.823. The summed E-state index contributed by atoms with van der Waals surface area (Å²) in [7, 11) is 0. The largest absolute Gasteiger partial charge is 0.457 e. The van der Waals surface area contributed by atoms with Crippen LogP contribution in [0.1, 0.15) is 11.1 Å². The molecule has 0 amide bonds. The molecule has 0 aromatic heterocycles. The van der Waals surface area contributed by atoms with E-state index < -0.39 is 0 Å². The Balaban J connectivity index is 1.86. The lowest BCUT2D eigenvalue weighted by Crippen LogP contribution is -1.94. The summed E-state index contributed by atoms with van der Waals surface area (Å²) in [5.41, 5.74) is 2.21. The maximum Gasteiger partial charge on any atom is 0.134 e. The molecular weight excluding hydrogens is 280 g/mol. The van der Waals surface area contributed by atoms with Crippen molar-refractivity contribution >= 4 is 11.8 Å². The van der Waals surface area contributed by atoms with Crippen LogP contribution in [0, 0.1) is 0 Å². The quantitative estimate of drug-likeness (QED) is 0.426. The van der Waals surface area contributed by atoms with Gasteiger partial charge in [-0.05, 0) is 23.8 Å². The fraction of sp³-hybridized carbons (Fsp3) is 0. The van der Waals surface area contributed by atoms with Crippen LogP contribution in [0.3, 0.4) is 0 Å². The molecule has 3 rings (SSSR count). The van der Waals surface area contributed by atoms with Crippen LogP contribution in [0.5, 0.6) is 5.75 Å². The molecule has 0 N–H and O–H groups in total. The third kappa shape index (κ3) is 4.45. The van der Waals surface area contributed by atoms with Crippen LogP contribution >= 0.6 is 0 Å². The average Bonchev–Trinajstić information content (AvgIpc) is 2.63. The Bertz CT molecular complexity index is 772. The second-order valence-corrected chi connectivity index (χ2v) is 5.08. The Hall–Kier alpha value is -3.06. The number of hydrogen-bond donors (Lipinski definition) is 0. The summed E-state index contributed by atoms with van der Waals surface area (Å²) >= 11 is 0. The molecule has 1 nitrogen and oxygen atoms in total. The van der Waals surface area contributed by atoms with Crippen LogP contribution in [0.2, 0.25) is 0 Å². The Morgan fingerprint density at radius 3 is 1.87 bits per heavy atom. The molecule has 3 aromatic rings. The highest BCUT2D eigenvalue weighted by atomic mass is 16.5. The van der Waals surface area contributed by atoms with Gasteiger partial charge in [-0.25, -0.2) is 0 Å². The summed E-state index contributed by atoms with van der Waals surface area (Å²) in [4.78, 5) is 0. The van der Waals surface area contributed by atoms with Gasteiger partial charge in [-0.1, -0.05) is 91.0 Å². The van der Waals surface area contributed by atoms with E-state index in [4.69, 9.17) is 4.74 Å². The van der Waals surface area contributed by atoms with Gasteiger partial charge in [-0.3, -0.25) is 0 Å². The first-order valence-corrected chi connectivity index (χ1v) is 7.63. The molecule has 0 spiro atoms. The third-order valence-corrected chi connectivity index (χ3v) is 3.37. The Morgan fingerprint density at radius 1 is 0.652 bits per heavy atom. The van der Waals surface area contributed by atoms with Crippen molar-refractivity contribution in [2.45, 2.75) is 0 Å². The molecule has 0 saturated carbocycles. The zero-order chi connectivity index (χ0) is 15.7. The second kappa shape index (κ2) is 7.81. The van der Waals surface area contributed by atoms with Gasteiger partial charge < -0.3 is 4.74 Å². The molecule has 0 unspecified atom stereocenters. The van der Waals surface area contributed by atoms with E-state index in [1.165, 1.54) is 0 Å². The molecule has 0 radical (unpaired) electrons. The monoisotopic (exact) mass is 298 g/mol. The van der Waals surface area contributed by atoms with E-state index in [0.717, 1.165) is 22.6 Å². The van der Waals surface area contributed by atoms with E-state index in [1.54, 1.807) is 0 Å². The predicted octanol–water partition coefficient (Wildman–Crippen LogP) is 5.82. The third-order valence-electron chi connectivity index (χ3n) is 3.37. The van der Waals surface area contributed by atoms with Crippen molar-refractivity contribution in [1.29, 1.82) is 0 Å². The number of allylic oxidation sites excluding steroid dienone is 2. The first-order chi connectivity index (χ1) is 11.4. The SMILES string of the molecule is C(=C\c1ccccc1)/C=C(/Oc1ccccc1)c1ccccc1. The van der Waals surface area contributed by atoms with E-state index >= 15 is 0 Å². The van der Waals surface area contributed by atoms with Crippen molar-refractivity contribution in [3.63, 3.8) is 0 Å². The zero-order valence-corrected chi connectivity index (χ0v) is 12.8. The van der Waals surface area contributed by atoms with Crippen LogP contribution in [0.15, 0.2) is 103 Å². The van der Waals surface area contributed by atoms with E-state index in [0.29, 0.717) is 0 Å². The lowest BCUT2D eigenvalue weighted by Gasteiger charge is -2.09. The average molecular weight is 298 g/mol. The van der Waals surface area contributed by atoms with Crippen molar-refractivity contribution in [3.8, 4) is 5.75 Å². The fourth-order valence-electron chi connectivity index (χ4n) is 2.22. The summed E-state index contributed by atoms with van der Waals surface area (Å²) in [5.74, 6) is 1.65. The molecule has 0 atom stereocenters. The molecule has 23 heavy (non-hydrogen) atoms. The minimum absolute atomic E-state index is 0.823. The van der Waals surface area contributed by atoms with Crippen molar-refractivity contribution in [2.75, 3.05) is 0 Å². The van der Waals surface area contributed by atoms with Gasteiger partial charge in [-0.15, -0.1) is 0 Å². The van der Waals surface area contributed by atoms with Gasteiger partial charge in [0.15, 0.2) is 0 Å². The summed E-state index contributed by atoms with van der Waals surface area (Å²) in [6.45, 7) is 0. The molecule has 0 bridgehead atoms. The van der Waals surface area contributed by atoms with Crippen molar-refractivity contribution < 1.29 is 4.74 Å². The van der Waals surface area contributed by atoms with Crippen molar-refractivity contribution in [2.24, 2.45) is 0 Å². The molecule has 112 valence electrons.